The molecular formula is C13H8Br2N4O. The van der Waals surface area contributed by atoms with E-state index < -0.39 is 0 Å². The molecule has 0 aliphatic rings. The third-order valence-corrected chi connectivity index (χ3v) is 3.73. The molecule has 100 valence electrons. The summed E-state index contributed by atoms with van der Waals surface area (Å²) < 4.78 is 9.21. The first-order chi connectivity index (χ1) is 9.72. The highest BCUT2D eigenvalue weighted by molar-refractivity contribution is 9.11. The lowest BCUT2D eigenvalue weighted by Gasteiger charge is -2.01. The van der Waals surface area contributed by atoms with E-state index in [0.717, 1.165) is 20.3 Å². The molecule has 0 atom stereocenters. The predicted molar refractivity (Wildman–Crippen MR) is 82.6 cm³/mol. The third kappa shape index (κ3) is 2.88. The minimum Gasteiger partial charge on any atom is -0.455 e. The quantitative estimate of drug-likeness (QED) is 0.631. The largest absolute Gasteiger partial charge is 0.455 e. The Morgan fingerprint density at radius 3 is 2.70 bits per heavy atom. The molecule has 1 aromatic carbocycles. The van der Waals surface area contributed by atoms with Crippen molar-refractivity contribution in [3.05, 3.63) is 57.7 Å². The molecule has 0 spiro atoms. The summed E-state index contributed by atoms with van der Waals surface area (Å²) in [6.07, 6.45) is 4.62. The van der Waals surface area contributed by atoms with Crippen LogP contribution < -0.4 is 0 Å². The predicted octanol–water partition coefficient (Wildman–Crippen LogP) is 3.95. The van der Waals surface area contributed by atoms with Crippen LogP contribution in [0.3, 0.4) is 0 Å². The first-order valence-corrected chi connectivity index (χ1v) is 7.25. The lowest BCUT2D eigenvalue weighted by molar-refractivity contribution is 0.574. The van der Waals surface area contributed by atoms with E-state index in [1.807, 2.05) is 30.3 Å². The van der Waals surface area contributed by atoms with Gasteiger partial charge < -0.3 is 4.42 Å². The fraction of sp³-hybridized carbons (Fsp3) is 0. The minimum absolute atomic E-state index is 0.653. The van der Waals surface area contributed by atoms with E-state index in [0.29, 0.717) is 5.76 Å². The summed E-state index contributed by atoms with van der Waals surface area (Å²) >= 11 is 6.96. The van der Waals surface area contributed by atoms with Crippen LogP contribution in [0.1, 0.15) is 5.76 Å². The van der Waals surface area contributed by atoms with Gasteiger partial charge >= 0.3 is 0 Å². The normalized spacial score (nSPS) is 11.3. The van der Waals surface area contributed by atoms with Crippen LogP contribution in [0, 0.1) is 0 Å². The third-order valence-electron chi connectivity index (χ3n) is 2.55. The van der Waals surface area contributed by atoms with Gasteiger partial charge in [0.1, 0.15) is 24.2 Å². The van der Waals surface area contributed by atoms with Gasteiger partial charge in [0.2, 0.25) is 0 Å². The van der Waals surface area contributed by atoms with E-state index in [2.05, 4.69) is 47.2 Å². The Hall–Kier alpha value is -1.73. The summed E-state index contributed by atoms with van der Waals surface area (Å²) in [5.74, 6) is 1.42. The van der Waals surface area contributed by atoms with Crippen LogP contribution in [-0.2, 0) is 0 Å². The second-order valence-electron chi connectivity index (χ2n) is 3.91. The summed E-state index contributed by atoms with van der Waals surface area (Å²) in [5.41, 5.74) is 0.975. The first-order valence-electron chi connectivity index (χ1n) is 5.66. The van der Waals surface area contributed by atoms with E-state index in [-0.39, 0.29) is 0 Å². The highest BCUT2D eigenvalue weighted by Crippen LogP contribution is 2.31. The number of nitrogens with zero attached hydrogens (tertiary/aromatic N) is 4. The molecule has 0 radical (unpaired) electrons. The maximum atomic E-state index is 5.75. The molecule has 0 amide bonds. The summed E-state index contributed by atoms with van der Waals surface area (Å²) in [4.78, 5) is 0. The van der Waals surface area contributed by atoms with E-state index in [4.69, 9.17) is 4.42 Å². The fourth-order valence-electron chi connectivity index (χ4n) is 1.63. The van der Waals surface area contributed by atoms with Crippen molar-refractivity contribution in [1.29, 1.82) is 0 Å². The van der Waals surface area contributed by atoms with E-state index >= 15 is 0 Å². The minimum atomic E-state index is 0.653. The number of hydrogen-bond acceptors (Lipinski definition) is 4. The number of aromatic nitrogens is 3. The summed E-state index contributed by atoms with van der Waals surface area (Å²) in [7, 11) is 0. The van der Waals surface area contributed by atoms with E-state index in [1.54, 1.807) is 6.21 Å². The van der Waals surface area contributed by atoms with Gasteiger partial charge in [-0.1, -0.05) is 31.9 Å². The van der Waals surface area contributed by atoms with Gasteiger partial charge in [-0.3, -0.25) is 0 Å². The zero-order valence-corrected chi connectivity index (χ0v) is 13.2. The second-order valence-corrected chi connectivity index (χ2v) is 5.68. The Bertz CT molecular complexity index is 750. The molecule has 0 bridgehead atoms. The van der Waals surface area contributed by atoms with Crippen LogP contribution in [0.15, 0.2) is 61.5 Å². The standard InChI is InChI=1S/C13H8Br2N4O/c14-9-1-3-12(15)11(5-9)13-4-2-10(20-13)6-18-19-7-16-17-8-19/h1-8H/b18-6+. The molecule has 0 aliphatic carbocycles. The summed E-state index contributed by atoms with van der Waals surface area (Å²) in [6, 6.07) is 9.68. The van der Waals surface area contributed by atoms with Gasteiger partial charge in [0.15, 0.2) is 0 Å². The number of furan rings is 1. The van der Waals surface area contributed by atoms with E-state index in [9.17, 15) is 0 Å². The Labute approximate surface area is 131 Å². The number of benzene rings is 1. The van der Waals surface area contributed by atoms with Crippen molar-refractivity contribution >= 4 is 38.1 Å². The Morgan fingerprint density at radius 1 is 1.10 bits per heavy atom. The monoisotopic (exact) mass is 394 g/mol. The SMILES string of the molecule is Brc1ccc(Br)c(-c2ccc(/C=N/n3cnnc3)o2)c1. The van der Waals surface area contributed by atoms with Crippen molar-refractivity contribution < 1.29 is 4.42 Å². The maximum absolute atomic E-state index is 5.75. The number of halogens is 2. The van der Waals surface area contributed by atoms with Gasteiger partial charge in [-0.25, -0.2) is 4.68 Å². The molecule has 7 heteroatoms. The van der Waals surface area contributed by atoms with Crippen molar-refractivity contribution in [2.24, 2.45) is 5.10 Å². The van der Waals surface area contributed by atoms with Crippen LogP contribution in [0.4, 0.5) is 0 Å². The van der Waals surface area contributed by atoms with Crippen molar-refractivity contribution in [2.75, 3.05) is 0 Å². The molecule has 3 rings (SSSR count). The van der Waals surface area contributed by atoms with Gasteiger partial charge in [-0.15, -0.1) is 10.2 Å². The topological polar surface area (TPSA) is 56.2 Å². The van der Waals surface area contributed by atoms with Crippen LogP contribution in [-0.4, -0.2) is 21.1 Å². The molecule has 0 unspecified atom stereocenters. The van der Waals surface area contributed by atoms with Gasteiger partial charge in [0.05, 0.1) is 6.21 Å². The van der Waals surface area contributed by atoms with Crippen molar-refractivity contribution in [3.8, 4) is 11.3 Å². The molecule has 0 aliphatic heterocycles. The summed E-state index contributed by atoms with van der Waals surface area (Å²) in [6.45, 7) is 0. The first kappa shape index (κ1) is 13.3. The van der Waals surface area contributed by atoms with Gasteiger partial charge in [0, 0.05) is 14.5 Å². The average molecular weight is 396 g/mol. The maximum Gasteiger partial charge on any atom is 0.147 e. The zero-order valence-electron chi connectivity index (χ0n) is 10.1. The van der Waals surface area contributed by atoms with Crippen LogP contribution >= 0.6 is 31.9 Å². The molecule has 2 heterocycles. The van der Waals surface area contributed by atoms with Crippen LogP contribution in [0.25, 0.3) is 11.3 Å². The average Bonchev–Trinajstić information content (AvgIpc) is 3.10. The molecule has 20 heavy (non-hydrogen) atoms. The second kappa shape index (κ2) is 5.72. The van der Waals surface area contributed by atoms with Gasteiger partial charge in [-0.05, 0) is 30.3 Å². The lowest BCUT2D eigenvalue weighted by Crippen LogP contribution is -1.85. The smallest absolute Gasteiger partial charge is 0.147 e. The highest BCUT2D eigenvalue weighted by atomic mass is 79.9. The van der Waals surface area contributed by atoms with Crippen molar-refractivity contribution in [1.82, 2.24) is 14.9 Å². The molecule has 2 aromatic heterocycles. The van der Waals surface area contributed by atoms with E-state index in [1.165, 1.54) is 17.3 Å². The number of hydrogen-bond donors (Lipinski definition) is 0. The van der Waals surface area contributed by atoms with Gasteiger partial charge in [0.25, 0.3) is 0 Å². The highest BCUT2D eigenvalue weighted by Gasteiger charge is 2.08. The lowest BCUT2D eigenvalue weighted by atomic mass is 10.2. The van der Waals surface area contributed by atoms with Gasteiger partial charge in [-0.2, -0.15) is 5.10 Å². The van der Waals surface area contributed by atoms with Crippen molar-refractivity contribution in [2.45, 2.75) is 0 Å². The molecule has 0 saturated carbocycles. The Balaban J connectivity index is 1.88. The van der Waals surface area contributed by atoms with Crippen LogP contribution in [0.2, 0.25) is 0 Å². The molecule has 5 nitrogen and oxygen atoms in total. The molecule has 0 N–H and O–H groups in total. The Kier molecular flexibility index (Phi) is 3.79. The van der Waals surface area contributed by atoms with Crippen LogP contribution in [0.5, 0.6) is 0 Å². The fourth-order valence-corrected chi connectivity index (χ4v) is 2.43. The Morgan fingerprint density at radius 2 is 1.90 bits per heavy atom. The molecule has 3 aromatic rings. The molecule has 0 fully saturated rings. The number of rotatable bonds is 3. The van der Waals surface area contributed by atoms with Crippen molar-refractivity contribution in [3.63, 3.8) is 0 Å². The molecular weight excluding hydrogens is 388 g/mol. The zero-order chi connectivity index (χ0) is 13.9. The molecule has 0 saturated heterocycles. The summed E-state index contributed by atoms with van der Waals surface area (Å²) in [5, 5.41) is 11.5.